The Morgan fingerprint density at radius 2 is 2.20 bits per heavy atom. The topological polar surface area (TPSA) is 98.8 Å². The zero-order chi connectivity index (χ0) is 21.7. The normalized spacial score (nSPS) is 16.5. The molecule has 158 valence electrons. The van der Waals surface area contributed by atoms with Gasteiger partial charge in [-0.2, -0.15) is 4.99 Å². The van der Waals surface area contributed by atoms with Crippen molar-refractivity contribution in [1.29, 1.82) is 0 Å². The van der Waals surface area contributed by atoms with Gasteiger partial charge in [-0.3, -0.25) is 9.78 Å². The largest absolute Gasteiger partial charge is 0.487 e. The molecular weight excluding hydrogens is 380 g/mol. The molecule has 30 heavy (non-hydrogen) atoms. The molecule has 7 nitrogen and oxygen atoms in total. The summed E-state index contributed by atoms with van der Waals surface area (Å²) < 4.78 is 12.4. The van der Waals surface area contributed by atoms with E-state index < -0.39 is 5.91 Å². The van der Waals surface area contributed by atoms with Crippen LogP contribution in [0.1, 0.15) is 54.9 Å². The molecule has 1 atom stereocenters. The van der Waals surface area contributed by atoms with E-state index in [-0.39, 0.29) is 17.5 Å². The molecular formula is C23H28N4O3. The number of nitrogens with two attached hydrogens (primary N) is 1. The highest BCUT2D eigenvalue weighted by molar-refractivity contribution is 6.06. The number of carbonyl (C=O) groups excluding carboxylic acids is 1. The monoisotopic (exact) mass is 408 g/mol. The van der Waals surface area contributed by atoms with Crippen molar-refractivity contribution in [3.05, 3.63) is 65.6 Å². The number of amides is 1. The van der Waals surface area contributed by atoms with Crippen LogP contribution in [0.2, 0.25) is 0 Å². The Bertz CT molecular complexity index is 968. The Morgan fingerprint density at radius 1 is 1.40 bits per heavy atom. The van der Waals surface area contributed by atoms with Gasteiger partial charge in [0, 0.05) is 24.4 Å². The van der Waals surface area contributed by atoms with Gasteiger partial charge < -0.3 is 20.5 Å². The van der Waals surface area contributed by atoms with Gasteiger partial charge in [-0.1, -0.05) is 6.07 Å². The van der Waals surface area contributed by atoms with Crippen molar-refractivity contribution in [2.24, 2.45) is 10.7 Å². The lowest BCUT2D eigenvalue weighted by Crippen LogP contribution is -2.33. The SMILES string of the molecule is CN/C=C\C(N)=NC(=O)c1cc(OC(C)c2ccccn2)c2c(c1)OC(C)(C)CC2. The molecule has 7 heteroatoms. The summed E-state index contributed by atoms with van der Waals surface area (Å²) in [6, 6.07) is 9.11. The van der Waals surface area contributed by atoms with Crippen LogP contribution in [0.25, 0.3) is 0 Å². The highest BCUT2D eigenvalue weighted by atomic mass is 16.5. The molecule has 2 heterocycles. The van der Waals surface area contributed by atoms with Gasteiger partial charge in [-0.25, -0.2) is 0 Å². The maximum absolute atomic E-state index is 12.7. The van der Waals surface area contributed by atoms with Crippen LogP contribution in [0.3, 0.4) is 0 Å². The summed E-state index contributed by atoms with van der Waals surface area (Å²) in [4.78, 5) is 21.0. The van der Waals surface area contributed by atoms with E-state index in [9.17, 15) is 4.79 Å². The number of hydrogen-bond acceptors (Lipinski definition) is 5. The third-order valence-electron chi connectivity index (χ3n) is 4.84. The fourth-order valence-corrected chi connectivity index (χ4v) is 3.22. The van der Waals surface area contributed by atoms with Crippen LogP contribution >= 0.6 is 0 Å². The highest BCUT2D eigenvalue weighted by Crippen LogP contribution is 2.41. The fraction of sp³-hybridized carbons (Fsp3) is 0.348. The first-order chi connectivity index (χ1) is 14.3. The second-order valence-corrected chi connectivity index (χ2v) is 7.79. The van der Waals surface area contributed by atoms with E-state index in [1.54, 1.807) is 31.6 Å². The zero-order valence-electron chi connectivity index (χ0n) is 17.8. The number of nitrogens with one attached hydrogen (secondary N) is 1. The number of pyridine rings is 1. The predicted octanol–water partition coefficient (Wildman–Crippen LogP) is 3.56. The number of amidine groups is 1. The molecule has 0 saturated heterocycles. The van der Waals surface area contributed by atoms with E-state index in [0.717, 1.165) is 24.1 Å². The predicted molar refractivity (Wildman–Crippen MR) is 117 cm³/mol. The molecule has 0 radical (unpaired) electrons. The van der Waals surface area contributed by atoms with E-state index in [4.69, 9.17) is 15.2 Å². The van der Waals surface area contributed by atoms with Gasteiger partial charge in [-0.05, 0) is 70.2 Å². The van der Waals surface area contributed by atoms with Gasteiger partial charge in [0.15, 0.2) is 0 Å². The van der Waals surface area contributed by atoms with Gasteiger partial charge in [0.2, 0.25) is 0 Å². The third-order valence-corrected chi connectivity index (χ3v) is 4.84. The minimum absolute atomic E-state index is 0.109. The Kier molecular flexibility index (Phi) is 6.40. The van der Waals surface area contributed by atoms with Crippen molar-refractivity contribution in [2.75, 3.05) is 7.05 Å². The van der Waals surface area contributed by atoms with Gasteiger partial charge in [0.05, 0.1) is 5.69 Å². The summed E-state index contributed by atoms with van der Waals surface area (Å²) in [5.41, 5.74) is 7.59. The molecule has 0 aliphatic carbocycles. The summed E-state index contributed by atoms with van der Waals surface area (Å²) in [5, 5.41) is 2.81. The molecule has 3 N–H and O–H groups in total. The number of ether oxygens (including phenoxy) is 2. The molecule has 1 aromatic heterocycles. The first kappa shape index (κ1) is 21.4. The van der Waals surface area contributed by atoms with E-state index >= 15 is 0 Å². The lowest BCUT2D eigenvalue weighted by atomic mass is 9.92. The van der Waals surface area contributed by atoms with E-state index in [1.165, 1.54) is 6.08 Å². The van der Waals surface area contributed by atoms with Gasteiger partial charge >= 0.3 is 0 Å². The molecule has 0 saturated carbocycles. The molecule has 3 rings (SSSR count). The standard InChI is InChI=1S/C23H28N4O3/c1-15(18-7-5-6-11-26-18)29-19-13-16(22(28)27-21(24)9-12-25-4)14-20-17(19)8-10-23(2,3)30-20/h5-7,9,11-15,25H,8,10H2,1-4H3,(H2,24,27,28)/b12-9-. The maximum atomic E-state index is 12.7. The van der Waals surface area contributed by atoms with Crippen LogP contribution in [0.5, 0.6) is 11.5 Å². The zero-order valence-corrected chi connectivity index (χ0v) is 17.8. The number of aromatic nitrogens is 1. The summed E-state index contributed by atoms with van der Waals surface area (Å²) >= 11 is 0. The fourth-order valence-electron chi connectivity index (χ4n) is 3.22. The molecule has 1 aliphatic heterocycles. The minimum Gasteiger partial charge on any atom is -0.487 e. The number of hydrogen-bond donors (Lipinski definition) is 2. The molecule has 0 bridgehead atoms. The first-order valence-electron chi connectivity index (χ1n) is 9.95. The summed E-state index contributed by atoms with van der Waals surface area (Å²) in [7, 11) is 1.74. The van der Waals surface area contributed by atoms with E-state index in [0.29, 0.717) is 17.1 Å². The summed E-state index contributed by atoms with van der Waals surface area (Å²) in [5.74, 6) is 0.889. The van der Waals surface area contributed by atoms with Crippen LogP contribution in [0.15, 0.2) is 53.8 Å². The highest BCUT2D eigenvalue weighted by Gasteiger charge is 2.30. The number of carbonyl (C=O) groups is 1. The Hall–Kier alpha value is -3.35. The van der Waals surface area contributed by atoms with E-state index in [2.05, 4.69) is 15.3 Å². The Labute approximate surface area is 177 Å². The maximum Gasteiger partial charge on any atom is 0.279 e. The number of aliphatic imine (C=N–C) groups is 1. The minimum atomic E-state index is -0.460. The van der Waals surface area contributed by atoms with Crippen molar-refractivity contribution in [3.63, 3.8) is 0 Å². The van der Waals surface area contributed by atoms with Crippen molar-refractivity contribution in [3.8, 4) is 11.5 Å². The molecule has 2 aromatic rings. The average molecular weight is 409 g/mol. The van der Waals surface area contributed by atoms with Crippen LogP contribution in [0.4, 0.5) is 0 Å². The van der Waals surface area contributed by atoms with Crippen molar-refractivity contribution in [1.82, 2.24) is 10.3 Å². The van der Waals surface area contributed by atoms with Crippen molar-refractivity contribution >= 4 is 11.7 Å². The average Bonchev–Trinajstić information content (AvgIpc) is 2.71. The summed E-state index contributed by atoms with van der Waals surface area (Å²) in [6.07, 6.45) is 6.21. The molecule has 0 fully saturated rings. The van der Waals surface area contributed by atoms with Crippen molar-refractivity contribution < 1.29 is 14.3 Å². The van der Waals surface area contributed by atoms with Crippen LogP contribution in [0, 0.1) is 0 Å². The lowest BCUT2D eigenvalue weighted by Gasteiger charge is -2.34. The Balaban J connectivity index is 1.97. The quantitative estimate of drug-likeness (QED) is 0.560. The van der Waals surface area contributed by atoms with E-state index in [1.807, 2.05) is 39.0 Å². The lowest BCUT2D eigenvalue weighted by molar-refractivity contribution is 0.0816. The summed E-state index contributed by atoms with van der Waals surface area (Å²) in [6.45, 7) is 5.98. The van der Waals surface area contributed by atoms with Crippen LogP contribution in [-0.4, -0.2) is 29.4 Å². The second-order valence-electron chi connectivity index (χ2n) is 7.79. The third kappa shape index (κ3) is 5.17. The molecule has 1 amide bonds. The van der Waals surface area contributed by atoms with Gasteiger partial charge in [0.1, 0.15) is 29.0 Å². The second kappa shape index (κ2) is 8.98. The molecule has 0 spiro atoms. The number of benzene rings is 1. The molecule has 1 unspecified atom stereocenters. The van der Waals surface area contributed by atoms with Crippen LogP contribution < -0.4 is 20.5 Å². The number of nitrogens with zero attached hydrogens (tertiary/aromatic N) is 2. The van der Waals surface area contributed by atoms with Gasteiger partial charge in [-0.15, -0.1) is 0 Å². The number of fused-ring (bicyclic) bond motifs is 1. The smallest absolute Gasteiger partial charge is 0.279 e. The first-order valence-corrected chi connectivity index (χ1v) is 9.95. The molecule has 1 aliphatic rings. The van der Waals surface area contributed by atoms with Crippen molar-refractivity contribution in [2.45, 2.75) is 45.3 Å². The Morgan fingerprint density at radius 3 is 2.90 bits per heavy atom. The van der Waals surface area contributed by atoms with Gasteiger partial charge in [0.25, 0.3) is 5.91 Å². The van der Waals surface area contributed by atoms with Crippen LogP contribution in [-0.2, 0) is 6.42 Å². The molecule has 1 aromatic carbocycles. The number of rotatable bonds is 6.